The van der Waals surface area contributed by atoms with Crippen LogP contribution in [0.2, 0.25) is 10.0 Å². The summed E-state index contributed by atoms with van der Waals surface area (Å²) in [7, 11) is 0. The number of carbonyl (C=O) groups is 2. The van der Waals surface area contributed by atoms with Crippen LogP contribution in [0, 0.1) is 5.82 Å². The standard InChI is InChI=1S/C25H23Cl2FN2O4S/c1-3-4-5-9-34-21-8-6-7-16(22(21)28)20-13-35-25(29-20)30-23(31)15-11-18(26)17(19(27)12-15)10-14(2)24(32)33/h6-8,10-13H,3-5,9H2,1-2H3,(H,32,33)(H,29,30,31). The van der Waals surface area contributed by atoms with Crippen LogP contribution < -0.4 is 10.1 Å². The van der Waals surface area contributed by atoms with Crippen molar-refractivity contribution < 1.29 is 23.8 Å². The maximum absolute atomic E-state index is 15.0. The van der Waals surface area contributed by atoms with E-state index in [9.17, 15) is 14.0 Å². The first-order chi connectivity index (χ1) is 16.7. The van der Waals surface area contributed by atoms with Gasteiger partial charge >= 0.3 is 5.97 Å². The van der Waals surface area contributed by atoms with Gasteiger partial charge in [0.05, 0.1) is 22.3 Å². The molecular formula is C25H23Cl2FN2O4S. The predicted octanol–water partition coefficient (Wildman–Crippen LogP) is 7.57. The number of carbonyl (C=O) groups excluding carboxylic acids is 1. The Hall–Kier alpha value is -2.94. The average molecular weight is 537 g/mol. The van der Waals surface area contributed by atoms with E-state index < -0.39 is 17.7 Å². The molecule has 1 heterocycles. The smallest absolute Gasteiger partial charge is 0.331 e. The molecule has 0 unspecified atom stereocenters. The molecule has 35 heavy (non-hydrogen) atoms. The zero-order valence-corrected chi connectivity index (χ0v) is 21.4. The molecular weight excluding hydrogens is 514 g/mol. The number of nitrogens with one attached hydrogen (secondary N) is 1. The third kappa shape index (κ3) is 6.81. The maximum atomic E-state index is 15.0. The van der Waals surface area contributed by atoms with Crippen LogP contribution in [0.4, 0.5) is 9.52 Å². The van der Waals surface area contributed by atoms with Crippen LogP contribution in [0.3, 0.4) is 0 Å². The number of thiazole rings is 1. The van der Waals surface area contributed by atoms with Crippen molar-refractivity contribution in [3.63, 3.8) is 0 Å². The Labute approximate surface area is 216 Å². The van der Waals surface area contributed by atoms with Crippen molar-refractivity contribution in [3.8, 4) is 17.0 Å². The largest absolute Gasteiger partial charge is 0.490 e. The van der Waals surface area contributed by atoms with Crippen molar-refractivity contribution >= 4 is 57.6 Å². The van der Waals surface area contributed by atoms with Crippen LogP contribution in [-0.2, 0) is 4.79 Å². The number of unbranched alkanes of at least 4 members (excludes halogenated alkanes) is 2. The predicted molar refractivity (Wildman–Crippen MR) is 138 cm³/mol. The topological polar surface area (TPSA) is 88.5 Å². The van der Waals surface area contributed by atoms with Gasteiger partial charge in [0.15, 0.2) is 16.7 Å². The Morgan fingerprint density at radius 1 is 1.23 bits per heavy atom. The highest BCUT2D eigenvalue weighted by Gasteiger charge is 2.17. The number of hydrogen-bond donors (Lipinski definition) is 2. The number of anilines is 1. The van der Waals surface area contributed by atoms with Crippen molar-refractivity contribution in [3.05, 3.63) is 68.3 Å². The lowest BCUT2D eigenvalue weighted by Gasteiger charge is -2.09. The number of nitrogens with zero attached hydrogens (tertiary/aromatic N) is 1. The summed E-state index contributed by atoms with van der Waals surface area (Å²) < 4.78 is 20.5. The van der Waals surface area contributed by atoms with Gasteiger partial charge in [0.2, 0.25) is 0 Å². The van der Waals surface area contributed by atoms with Gasteiger partial charge in [-0.2, -0.15) is 0 Å². The number of aromatic nitrogens is 1. The summed E-state index contributed by atoms with van der Waals surface area (Å²) in [5.41, 5.74) is 1.14. The van der Waals surface area contributed by atoms with Gasteiger partial charge in [-0.1, -0.05) is 49.0 Å². The second kappa shape index (κ2) is 12.2. The highest BCUT2D eigenvalue weighted by molar-refractivity contribution is 7.14. The molecule has 0 bridgehead atoms. The second-order valence-electron chi connectivity index (χ2n) is 7.65. The molecule has 0 spiro atoms. The van der Waals surface area contributed by atoms with Crippen molar-refractivity contribution in [1.82, 2.24) is 4.98 Å². The van der Waals surface area contributed by atoms with Gasteiger partial charge < -0.3 is 9.84 Å². The molecule has 0 fully saturated rings. The molecule has 0 saturated heterocycles. The Kier molecular flexibility index (Phi) is 9.26. The average Bonchev–Trinajstić information content (AvgIpc) is 3.27. The molecule has 0 saturated carbocycles. The molecule has 2 aromatic carbocycles. The lowest BCUT2D eigenvalue weighted by Crippen LogP contribution is -2.12. The zero-order valence-electron chi connectivity index (χ0n) is 19.0. The van der Waals surface area contributed by atoms with Gasteiger partial charge in [0.25, 0.3) is 5.91 Å². The molecule has 1 amide bonds. The molecule has 1 aromatic heterocycles. The Balaban J connectivity index is 1.76. The van der Waals surface area contributed by atoms with E-state index >= 15 is 0 Å². The van der Waals surface area contributed by atoms with Crippen LogP contribution in [-0.4, -0.2) is 28.6 Å². The number of hydrogen-bond acceptors (Lipinski definition) is 5. The van der Waals surface area contributed by atoms with Gasteiger partial charge in [0, 0.05) is 27.6 Å². The van der Waals surface area contributed by atoms with Crippen molar-refractivity contribution in [1.29, 1.82) is 0 Å². The molecule has 0 atom stereocenters. The van der Waals surface area contributed by atoms with E-state index in [1.165, 1.54) is 25.1 Å². The molecule has 6 nitrogen and oxygen atoms in total. The van der Waals surface area contributed by atoms with Crippen LogP contribution >= 0.6 is 34.5 Å². The summed E-state index contributed by atoms with van der Waals surface area (Å²) >= 11 is 13.6. The maximum Gasteiger partial charge on any atom is 0.331 e. The summed E-state index contributed by atoms with van der Waals surface area (Å²) in [5, 5.41) is 13.9. The molecule has 2 N–H and O–H groups in total. The Morgan fingerprint density at radius 3 is 2.60 bits per heavy atom. The molecule has 0 aliphatic heterocycles. The first kappa shape index (κ1) is 26.7. The minimum absolute atomic E-state index is 0.0453. The third-order valence-corrected chi connectivity index (χ3v) is 6.39. The van der Waals surface area contributed by atoms with E-state index in [0.29, 0.717) is 17.9 Å². The SMILES string of the molecule is CCCCCOc1cccc(-c2csc(NC(=O)c3cc(Cl)c(C=C(C)C(=O)O)c(Cl)c3)n2)c1F. The highest BCUT2D eigenvalue weighted by Crippen LogP contribution is 2.33. The normalized spacial score (nSPS) is 11.4. The minimum atomic E-state index is -1.11. The lowest BCUT2D eigenvalue weighted by atomic mass is 10.1. The molecule has 0 aliphatic rings. The van der Waals surface area contributed by atoms with Crippen LogP contribution in [0.15, 0.2) is 41.3 Å². The fourth-order valence-electron chi connectivity index (χ4n) is 3.11. The summed E-state index contributed by atoms with van der Waals surface area (Å²) in [5.74, 6) is -1.97. The summed E-state index contributed by atoms with van der Waals surface area (Å²) in [4.78, 5) is 28.1. The summed E-state index contributed by atoms with van der Waals surface area (Å²) in [6.45, 7) is 3.92. The van der Waals surface area contributed by atoms with Gasteiger partial charge in [-0.3, -0.25) is 10.1 Å². The molecule has 0 aliphatic carbocycles. The summed E-state index contributed by atoms with van der Waals surface area (Å²) in [6, 6.07) is 7.63. The number of aliphatic carboxylic acids is 1. The van der Waals surface area contributed by atoms with Crippen molar-refractivity contribution in [2.45, 2.75) is 33.1 Å². The second-order valence-corrected chi connectivity index (χ2v) is 9.32. The van der Waals surface area contributed by atoms with E-state index in [4.69, 9.17) is 33.0 Å². The Morgan fingerprint density at radius 2 is 1.94 bits per heavy atom. The quantitative estimate of drug-likeness (QED) is 0.206. The Bertz CT molecular complexity index is 1250. The van der Waals surface area contributed by atoms with Gasteiger partial charge in [-0.15, -0.1) is 11.3 Å². The highest BCUT2D eigenvalue weighted by atomic mass is 35.5. The first-order valence-corrected chi connectivity index (χ1v) is 12.4. The number of carboxylic acid groups (broad SMARTS) is 1. The molecule has 3 rings (SSSR count). The van der Waals surface area contributed by atoms with Gasteiger partial charge in [-0.25, -0.2) is 14.2 Å². The molecule has 184 valence electrons. The van der Waals surface area contributed by atoms with E-state index in [0.717, 1.165) is 30.6 Å². The fraction of sp³-hybridized carbons (Fsp3) is 0.240. The number of rotatable bonds is 10. The van der Waals surface area contributed by atoms with Crippen molar-refractivity contribution in [2.75, 3.05) is 11.9 Å². The van der Waals surface area contributed by atoms with E-state index in [-0.39, 0.29) is 37.6 Å². The van der Waals surface area contributed by atoms with Crippen LogP contribution in [0.1, 0.15) is 49.0 Å². The molecule has 0 radical (unpaired) electrons. The van der Waals surface area contributed by atoms with Gasteiger partial charge in [-0.05, 0) is 43.7 Å². The van der Waals surface area contributed by atoms with Crippen molar-refractivity contribution in [2.24, 2.45) is 0 Å². The van der Waals surface area contributed by atoms with Crippen LogP contribution in [0.25, 0.3) is 17.3 Å². The summed E-state index contributed by atoms with van der Waals surface area (Å²) in [6.07, 6.45) is 4.23. The number of benzene rings is 2. The van der Waals surface area contributed by atoms with E-state index in [1.54, 1.807) is 23.6 Å². The monoisotopic (exact) mass is 536 g/mol. The molecule has 10 heteroatoms. The number of ether oxygens (including phenoxy) is 1. The number of amides is 1. The lowest BCUT2D eigenvalue weighted by molar-refractivity contribution is -0.132. The number of halogens is 3. The van der Waals surface area contributed by atoms with E-state index in [2.05, 4.69) is 17.2 Å². The number of carboxylic acids is 1. The zero-order chi connectivity index (χ0) is 25.5. The van der Waals surface area contributed by atoms with E-state index in [1.807, 2.05) is 0 Å². The minimum Gasteiger partial charge on any atom is -0.490 e. The first-order valence-electron chi connectivity index (χ1n) is 10.8. The molecule has 3 aromatic rings. The third-order valence-electron chi connectivity index (χ3n) is 5.01. The van der Waals surface area contributed by atoms with Gasteiger partial charge in [0.1, 0.15) is 0 Å². The fourth-order valence-corrected chi connectivity index (χ4v) is 4.41. The van der Waals surface area contributed by atoms with Crippen LogP contribution in [0.5, 0.6) is 5.75 Å².